The minimum Gasteiger partial charge on any atom is -0.361 e. The third-order valence-corrected chi connectivity index (χ3v) is 4.02. The highest BCUT2D eigenvalue weighted by Gasteiger charge is 2.33. The van der Waals surface area contributed by atoms with Crippen LogP contribution in [0, 0.1) is 0 Å². The maximum Gasteiger partial charge on any atom is 0.199 e. The molecule has 0 bridgehead atoms. The first-order chi connectivity index (χ1) is 11.2. The summed E-state index contributed by atoms with van der Waals surface area (Å²) < 4.78 is 0. The SMILES string of the molecule is O=C1C(=CNc2ccccc2)C(=O)c2cc3ccccc3cc21. The first kappa shape index (κ1) is 13.5. The molecule has 1 N–H and O–H groups in total. The Labute approximate surface area is 133 Å². The number of allylic oxidation sites excluding steroid dienone is 1. The Morgan fingerprint density at radius 1 is 0.696 bits per heavy atom. The van der Waals surface area contributed by atoms with Crippen LogP contribution in [-0.4, -0.2) is 11.6 Å². The normalized spacial score (nSPS) is 13.3. The molecule has 3 aromatic rings. The second-order valence-corrected chi connectivity index (χ2v) is 5.47. The van der Waals surface area contributed by atoms with Crippen molar-refractivity contribution in [3.8, 4) is 0 Å². The molecule has 0 heterocycles. The summed E-state index contributed by atoms with van der Waals surface area (Å²) in [6.45, 7) is 0. The molecule has 3 nitrogen and oxygen atoms in total. The molecule has 0 saturated heterocycles. The molecule has 4 rings (SSSR count). The Balaban J connectivity index is 1.75. The summed E-state index contributed by atoms with van der Waals surface area (Å²) in [5.74, 6) is -0.446. The van der Waals surface area contributed by atoms with E-state index < -0.39 is 0 Å². The predicted octanol–water partition coefficient (Wildman–Crippen LogP) is 4.21. The average Bonchev–Trinajstić information content (AvgIpc) is 2.83. The van der Waals surface area contributed by atoms with Gasteiger partial charge in [0.1, 0.15) is 0 Å². The predicted molar refractivity (Wildman–Crippen MR) is 90.8 cm³/mol. The van der Waals surface area contributed by atoms with Crippen molar-refractivity contribution < 1.29 is 9.59 Å². The van der Waals surface area contributed by atoms with Crippen molar-refractivity contribution in [2.24, 2.45) is 0 Å². The average molecular weight is 299 g/mol. The number of Topliss-reactive ketones (excluding diaryl/α,β-unsaturated/α-hetero) is 2. The molecule has 0 saturated carbocycles. The summed E-state index contributed by atoms with van der Waals surface area (Å²) in [5.41, 5.74) is 1.98. The van der Waals surface area contributed by atoms with Gasteiger partial charge in [0.05, 0.1) is 5.57 Å². The summed E-state index contributed by atoms with van der Waals surface area (Å²) in [5, 5.41) is 4.95. The van der Waals surface area contributed by atoms with E-state index in [-0.39, 0.29) is 17.1 Å². The lowest BCUT2D eigenvalue weighted by atomic mass is 10.0. The number of hydrogen-bond acceptors (Lipinski definition) is 3. The smallest absolute Gasteiger partial charge is 0.199 e. The number of benzene rings is 3. The molecule has 1 aliphatic rings. The monoisotopic (exact) mass is 299 g/mol. The van der Waals surface area contributed by atoms with Crippen LogP contribution in [0.1, 0.15) is 20.7 Å². The Bertz CT molecular complexity index is 915. The van der Waals surface area contributed by atoms with Crippen LogP contribution in [0.3, 0.4) is 0 Å². The zero-order valence-electron chi connectivity index (χ0n) is 12.2. The molecule has 0 spiro atoms. The number of para-hydroxylation sites is 1. The molecule has 0 aliphatic heterocycles. The quantitative estimate of drug-likeness (QED) is 0.569. The number of rotatable bonds is 2. The van der Waals surface area contributed by atoms with E-state index in [1.54, 1.807) is 12.1 Å². The number of hydrogen-bond donors (Lipinski definition) is 1. The highest BCUT2D eigenvalue weighted by Crippen LogP contribution is 2.30. The van der Waals surface area contributed by atoms with Gasteiger partial charge in [0, 0.05) is 23.0 Å². The fourth-order valence-electron chi connectivity index (χ4n) is 2.83. The third-order valence-electron chi connectivity index (χ3n) is 4.02. The van der Waals surface area contributed by atoms with Crippen LogP contribution < -0.4 is 5.32 Å². The van der Waals surface area contributed by atoms with Gasteiger partial charge >= 0.3 is 0 Å². The van der Waals surface area contributed by atoms with Crippen LogP contribution in [0.15, 0.2) is 78.5 Å². The molecule has 23 heavy (non-hydrogen) atoms. The molecule has 0 atom stereocenters. The maximum atomic E-state index is 12.5. The van der Waals surface area contributed by atoms with Crippen LogP contribution >= 0.6 is 0 Å². The van der Waals surface area contributed by atoms with Crippen molar-refractivity contribution in [2.75, 3.05) is 5.32 Å². The summed E-state index contributed by atoms with van der Waals surface area (Å²) in [6, 6.07) is 20.8. The van der Waals surface area contributed by atoms with Gasteiger partial charge in [-0.05, 0) is 35.0 Å². The maximum absolute atomic E-state index is 12.5. The lowest BCUT2D eigenvalue weighted by Gasteiger charge is -2.00. The minimum absolute atomic E-state index is 0.180. The third kappa shape index (κ3) is 2.23. The number of anilines is 1. The Hall–Kier alpha value is -3.20. The van der Waals surface area contributed by atoms with Crippen LogP contribution in [0.25, 0.3) is 10.8 Å². The molecular weight excluding hydrogens is 286 g/mol. The molecule has 0 aromatic heterocycles. The summed E-state index contributed by atoms with van der Waals surface area (Å²) in [7, 11) is 0. The lowest BCUT2D eigenvalue weighted by molar-refractivity contribution is 0.0988. The first-order valence-electron chi connectivity index (χ1n) is 7.38. The van der Waals surface area contributed by atoms with Crippen LogP contribution in [-0.2, 0) is 0 Å². The molecule has 0 unspecified atom stereocenters. The zero-order chi connectivity index (χ0) is 15.8. The van der Waals surface area contributed by atoms with Gasteiger partial charge in [-0.15, -0.1) is 0 Å². The van der Waals surface area contributed by atoms with Gasteiger partial charge in [-0.2, -0.15) is 0 Å². The van der Waals surface area contributed by atoms with Crippen molar-refractivity contribution in [3.63, 3.8) is 0 Å². The molecule has 0 fully saturated rings. The van der Waals surface area contributed by atoms with Gasteiger partial charge in [0.2, 0.25) is 0 Å². The molecule has 0 amide bonds. The Morgan fingerprint density at radius 2 is 1.22 bits per heavy atom. The van der Waals surface area contributed by atoms with Crippen LogP contribution in [0.5, 0.6) is 0 Å². The zero-order valence-corrected chi connectivity index (χ0v) is 12.2. The van der Waals surface area contributed by atoms with Gasteiger partial charge in [-0.3, -0.25) is 9.59 Å². The number of carbonyl (C=O) groups excluding carboxylic acids is 2. The van der Waals surface area contributed by atoms with E-state index in [9.17, 15) is 9.59 Å². The second-order valence-electron chi connectivity index (χ2n) is 5.47. The van der Waals surface area contributed by atoms with E-state index in [1.807, 2.05) is 54.6 Å². The van der Waals surface area contributed by atoms with Crippen molar-refractivity contribution in [3.05, 3.63) is 89.6 Å². The van der Waals surface area contributed by atoms with E-state index in [0.717, 1.165) is 16.5 Å². The van der Waals surface area contributed by atoms with E-state index in [1.165, 1.54) is 6.20 Å². The highest BCUT2D eigenvalue weighted by molar-refractivity contribution is 6.40. The Morgan fingerprint density at radius 3 is 1.78 bits per heavy atom. The van der Waals surface area contributed by atoms with Gasteiger partial charge in [0.15, 0.2) is 11.6 Å². The number of carbonyl (C=O) groups is 2. The standard InChI is InChI=1S/C20H13NO2/c22-19-16-10-13-6-4-5-7-14(13)11-17(16)20(23)18(19)12-21-15-8-2-1-3-9-15/h1-12,21H. The summed E-state index contributed by atoms with van der Waals surface area (Å²) in [4.78, 5) is 25.1. The fourth-order valence-corrected chi connectivity index (χ4v) is 2.83. The molecule has 110 valence electrons. The van der Waals surface area contributed by atoms with Gasteiger partial charge in [-0.25, -0.2) is 0 Å². The first-order valence-corrected chi connectivity index (χ1v) is 7.38. The van der Waals surface area contributed by atoms with Gasteiger partial charge in [-0.1, -0.05) is 42.5 Å². The van der Waals surface area contributed by atoms with E-state index in [2.05, 4.69) is 5.32 Å². The molecule has 3 aromatic carbocycles. The topological polar surface area (TPSA) is 46.2 Å². The Kier molecular flexibility index (Phi) is 3.05. The van der Waals surface area contributed by atoms with Crippen molar-refractivity contribution in [1.29, 1.82) is 0 Å². The van der Waals surface area contributed by atoms with E-state index in [0.29, 0.717) is 11.1 Å². The summed E-state index contributed by atoms with van der Waals surface area (Å²) in [6.07, 6.45) is 1.50. The lowest BCUT2D eigenvalue weighted by Crippen LogP contribution is -2.03. The molecular formula is C20H13NO2. The fraction of sp³-hybridized carbons (Fsp3) is 0. The largest absolute Gasteiger partial charge is 0.361 e. The van der Waals surface area contributed by atoms with Gasteiger partial charge in [0.25, 0.3) is 0 Å². The highest BCUT2D eigenvalue weighted by atomic mass is 16.2. The van der Waals surface area contributed by atoms with E-state index in [4.69, 9.17) is 0 Å². The molecule has 3 heteroatoms. The number of ketones is 2. The molecule has 0 radical (unpaired) electrons. The van der Waals surface area contributed by atoms with Crippen molar-refractivity contribution in [1.82, 2.24) is 0 Å². The second kappa shape index (κ2) is 5.21. The molecule has 1 aliphatic carbocycles. The van der Waals surface area contributed by atoms with Gasteiger partial charge < -0.3 is 5.32 Å². The van der Waals surface area contributed by atoms with Crippen molar-refractivity contribution >= 4 is 28.0 Å². The van der Waals surface area contributed by atoms with Crippen molar-refractivity contribution in [2.45, 2.75) is 0 Å². The van der Waals surface area contributed by atoms with Crippen LogP contribution in [0.2, 0.25) is 0 Å². The minimum atomic E-state index is -0.223. The number of fused-ring (bicyclic) bond motifs is 2. The van der Waals surface area contributed by atoms with Crippen LogP contribution in [0.4, 0.5) is 5.69 Å². The number of nitrogens with one attached hydrogen (secondary N) is 1. The summed E-state index contributed by atoms with van der Waals surface area (Å²) >= 11 is 0. The van der Waals surface area contributed by atoms with E-state index >= 15 is 0 Å².